The molecular formula is C22H23N3O3. The van der Waals surface area contributed by atoms with E-state index in [0.29, 0.717) is 6.61 Å². The van der Waals surface area contributed by atoms with Gasteiger partial charge in [-0.25, -0.2) is 15.3 Å². The molecule has 0 aliphatic carbocycles. The molecule has 2 aromatic carbocycles. The van der Waals surface area contributed by atoms with E-state index < -0.39 is 0 Å². The van der Waals surface area contributed by atoms with Gasteiger partial charge in [0.2, 0.25) is 0 Å². The second-order valence-corrected chi connectivity index (χ2v) is 6.82. The van der Waals surface area contributed by atoms with Gasteiger partial charge in [0, 0.05) is 25.6 Å². The van der Waals surface area contributed by atoms with Gasteiger partial charge in [0.25, 0.3) is 5.91 Å². The van der Waals surface area contributed by atoms with Crippen LogP contribution in [0.5, 0.6) is 0 Å². The lowest BCUT2D eigenvalue weighted by atomic mass is 10.1. The number of amides is 1. The van der Waals surface area contributed by atoms with E-state index in [4.69, 9.17) is 9.57 Å². The molecule has 1 saturated heterocycles. The van der Waals surface area contributed by atoms with Crippen molar-refractivity contribution < 1.29 is 14.4 Å². The van der Waals surface area contributed by atoms with E-state index in [1.54, 1.807) is 6.08 Å². The van der Waals surface area contributed by atoms with Gasteiger partial charge in [0.05, 0.1) is 17.4 Å². The molecule has 0 spiro atoms. The van der Waals surface area contributed by atoms with E-state index in [1.165, 1.54) is 11.6 Å². The molecule has 2 heterocycles. The van der Waals surface area contributed by atoms with Crippen LogP contribution in [0.15, 0.2) is 60.9 Å². The Morgan fingerprint density at radius 3 is 2.89 bits per heavy atom. The molecule has 1 aromatic heterocycles. The van der Waals surface area contributed by atoms with E-state index in [9.17, 15) is 4.79 Å². The van der Waals surface area contributed by atoms with Gasteiger partial charge in [-0.2, -0.15) is 0 Å². The molecule has 0 saturated carbocycles. The fraction of sp³-hybridized carbons (Fsp3) is 0.273. The minimum atomic E-state index is -0.343. The number of fused-ring (bicyclic) bond motifs is 1. The lowest BCUT2D eigenvalue weighted by molar-refractivity contribution is -0.198. The highest BCUT2D eigenvalue weighted by atomic mass is 16.8. The number of rotatable bonds is 6. The van der Waals surface area contributed by atoms with Crippen molar-refractivity contribution in [2.75, 3.05) is 6.61 Å². The van der Waals surface area contributed by atoms with Crippen molar-refractivity contribution in [3.8, 4) is 0 Å². The molecule has 0 radical (unpaired) electrons. The summed E-state index contributed by atoms with van der Waals surface area (Å²) >= 11 is 0. The largest absolute Gasteiger partial charge is 0.350 e. The monoisotopic (exact) mass is 377 g/mol. The van der Waals surface area contributed by atoms with E-state index in [-0.39, 0.29) is 12.2 Å². The number of aromatic nitrogens is 2. The van der Waals surface area contributed by atoms with Crippen LogP contribution in [0.1, 0.15) is 30.4 Å². The summed E-state index contributed by atoms with van der Waals surface area (Å²) in [6, 6.07) is 16.2. The van der Waals surface area contributed by atoms with Crippen LogP contribution in [0.3, 0.4) is 0 Å². The standard InChI is InChI=1S/C22H23N3O3/c26-21(24-28-22-7-3-4-14-27-22)13-12-17-8-10-18(11-9-17)15-25-16-23-19-5-1-2-6-20(19)25/h1-2,5-6,8-13,16,22H,3-4,7,14-15H2,(H,24,26)/b13-12+. The molecule has 6 heteroatoms. The Labute approximate surface area is 163 Å². The molecule has 28 heavy (non-hydrogen) atoms. The van der Waals surface area contributed by atoms with Crippen molar-refractivity contribution in [2.24, 2.45) is 0 Å². The van der Waals surface area contributed by atoms with Crippen LogP contribution in [0, 0.1) is 0 Å². The molecule has 1 fully saturated rings. The van der Waals surface area contributed by atoms with E-state index in [2.05, 4.69) is 33.2 Å². The molecular weight excluding hydrogens is 354 g/mol. The van der Waals surface area contributed by atoms with Gasteiger partial charge in [0.1, 0.15) is 0 Å². The van der Waals surface area contributed by atoms with Gasteiger partial charge in [-0.15, -0.1) is 0 Å². The summed E-state index contributed by atoms with van der Waals surface area (Å²) in [4.78, 5) is 21.6. The van der Waals surface area contributed by atoms with Gasteiger partial charge in [-0.05, 0) is 42.2 Å². The number of hydroxylamine groups is 1. The summed E-state index contributed by atoms with van der Waals surface area (Å²) in [6.07, 6.45) is 7.64. The maximum absolute atomic E-state index is 11.9. The first-order valence-electron chi connectivity index (χ1n) is 9.52. The van der Waals surface area contributed by atoms with Crippen molar-refractivity contribution in [1.82, 2.24) is 15.0 Å². The zero-order chi connectivity index (χ0) is 19.2. The predicted octanol–water partition coefficient (Wildman–Crippen LogP) is 3.67. The van der Waals surface area contributed by atoms with Crippen LogP contribution in [-0.4, -0.2) is 28.4 Å². The minimum Gasteiger partial charge on any atom is -0.350 e. The lowest BCUT2D eigenvalue weighted by Crippen LogP contribution is -2.32. The summed E-state index contributed by atoms with van der Waals surface area (Å²) in [5, 5.41) is 0. The van der Waals surface area contributed by atoms with Crippen LogP contribution in [0.4, 0.5) is 0 Å². The Morgan fingerprint density at radius 2 is 2.07 bits per heavy atom. The van der Waals surface area contributed by atoms with Crippen LogP contribution >= 0.6 is 0 Å². The molecule has 6 nitrogen and oxygen atoms in total. The van der Waals surface area contributed by atoms with Crippen LogP contribution in [-0.2, 0) is 20.9 Å². The first-order chi connectivity index (χ1) is 13.8. The third-order valence-electron chi connectivity index (χ3n) is 4.72. The van der Waals surface area contributed by atoms with Gasteiger partial charge in [0.15, 0.2) is 6.29 Å². The SMILES string of the molecule is O=C(/C=C/c1ccc(Cn2cnc3ccccc32)cc1)NOC1CCCCO1. The fourth-order valence-electron chi connectivity index (χ4n) is 3.20. The second-order valence-electron chi connectivity index (χ2n) is 6.82. The molecule has 0 bridgehead atoms. The number of hydrogen-bond donors (Lipinski definition) is 1. The molecule has 1 N–H and O–H groups in total. The Bertz CT molecular complexity index is 957. The van der Waals surface area contributed by atoms with Crippen molar-refractivity contribution in [2.45, 2.75) is 32.1 Å². The van der Waals surface area contributed by atoms with Crippen molar-refractivity contribution in [3.63, 3.8) is 0 Å². The number of imidazole rings is 1. The maximum Gasteiger partial charge on any atom is 0.267 e. The number of ether oxygens (including phenoxy) is 1. The summed E-state index contributed by atoms with van der Waals surface area (Å²) in [5.41, 5.74) is 6.65. The third kappa shape index (κ3) is 4.65. The van der Waals surface area contributed by atoms with E-state index in [1.807, 2.05) is 36.7 Å². The summed E-state index contributed by atoms with van der Waals surface area (Å²) in [5.74, 6) is -0.303. The molecule has 144 valence electrons. The van der Waals surface area contributed by atoms with Gasteiger partial charge < -0.3 is 9.30 Å². The minimum absolute atomic E-state index is 0.303. The molecule has 1 amide bonds. The average molecular weight is 377 g/mol. The smallest absolute Gasteiger partial charge is 0.267 e. The number of nitrogens with one attached hydrogen (secondary N) is 1. The first kappa shape index (κ1) is 18.4. The van der Waals surface area contributed by atoms with E-state index in [0.717, 1.165) is 42.4 Å². The lowest BCUT2D eigenvalue weighted by Gasteiger charge is -2.21. The molecule has 4 rings (SSSR count). The molecule has 1 aliphatic heterocycles. The highest BCUT2D eigenvalue weighted by Gasteiger charge is 2.14. The Balaban J connectivity index is 1.31. The average Bonchev–Trinajstić information content (AvgIpc) is 3.15. The number of carbonyl (C=O) groups is 1. The number of benzene rings is 2. The molecule has 1 aliphatic rings. The Hall–Kier alpha value is -2.96. The summed E-state index contributed by atoms with van der Waals surface area (Å²) in [7, 11) is 0. The van der Waals surface area contributed by atoms with Gasteiger partial charge >= 0.3 is 0 Å². The number of carbonyl (C=O) groups excluding carboxylic acids is 1. The zero-order valence-corrected chi connectivity index (χ0v) is 15.6. The van der Waals surface area contributed by atoms with E-state index >= 15 is 0 Å². The topological polar surface area (TPSA) is 65.4 Å². The number of para-hydroxylation sites is 2. The highest BCUT2D eigenvalue weighted by Crippen LogP contribution is 2.15. The Kier molecular flexibility index (Phi) is 5.80. The first-order valence-corrected chi connectivity index (χ1v) is 9.52. The number of hydrogen-bond acceptors (Lipinski definition) is 4. The third-order valence-corrected chi connectivity index (χ3v) is 4.72. The summed E-state index contributed by atoms with van der Waals surface area (Å²) in [6.45, 7) is 1.43. The second kappa shape index (κ2) is 8.82. The fourth-order valence-corrected chi connectivity index (χ4v) is 3.20. The van der Waals surface area contributed by atoms with Crippen molar-refractivity contribution in [1.29, 1.82) is 0 Å². The number of nitrogens with zero attached hydrogens (tertiary/aromatic N) is 2. The quantitative estimate of drug-likeness (QED) is 0.526. The van der Waals surface area contributed by atoms with Crippen LogP contribution in [0.2, 0.25) is 0 Å². The van der Waals surface area contributed by atoms with Crippen molar-refractivity contribution >= 4 is 23.0 Å². The zero-order valence-electron chi connectivity index (χ0n) is 15.6. The van der Waals surface area contributed by atoms with Crippen molar-refractivity contribution in [3.05, 3.63) is 72.1 Å². The normalized spacial score (nSPS) is 17.2. The Morgan fingerprint density at radius 1 is 1.21 bits per heavy atom. The van der Waals surface area contributed by atoms with Gasteiger partial charge in [-0.3, -0.25) is 4.79 Å². The summed E-state index contributed by atoms with van der Waals surface area (Å²) < 4.78 is 7.53. The van der Waals surface area contributed by atoms with Crippen LogP contribution in [0.25, 0.3) is 17.1 Å². The predicted molar refractivity (Wildman–Crippen MR) is 107 cm³/mol. The highest BCUT2D eigenvalue weighted by molar-refractivity contribution is 5.90. The molecule has 1 atom stereocenters. The molecule has 1 unspecified atom stereocenters. The van der Waals surface area contributed by atoms with Gasteiger partial charge in [-0.1, -0.05) is 36.4 Å². The van der Waals surface area contributed by atoms with Crippen LogP contribution < -0.4 is 5.48 Å². The molecule has 3 aromatic rings. The maximum atomic E-state index is 11.9.